The smallest absolute Gasteiger partial charge is 0.360 e. The second kappa shape index (κ2) is 8.05. The number of nitrogens with one attached hydrogen (secondary N) is 2. The van der Waals surface area contributed by atoms with Gasteiger partial charge in [0.05, 0.1) is 11.3 Å². The van der Waals surface area contributed by atoms with Crippen molar-refractivity contribution < 1.29 is 18.0 Å². The lowest BCUT2D eigenvalue weighted by molar-refractivity contribution is -0.136. The van der Waals surface area contributed by atoms with Crippen LogP contribution in [0.25, 0.3) is 0 Å². The van der Waals surface area contributed by atoms with E-state index in [1.807, 2.05) is 6.92 Å². The zero-order valence-corrected chi connectivity index (χ0v) is 18.0. The van der Waals surface area contributed by atoms with Crippen LogP contribution in [0, 0.1) is 34.5 Å². The number of hydrogen-bond donors (Lipinski definition) is 2. The topological polar surface area (TPSA) is 64.9 Å². The molecule has 0 heterocycles. The van der Waals surface area contributed by atoms with Crippen molar-refractivity contribution in [1.29, 1.82) is 5.26 Å². The largest absolute Gasteiger partial charge is 0.418 e. The maximum atomic E-state index is 13.3. The first-order chi connectivity index (χ1) is 14.6. The van der Waals surface area contributed by atoms with Crippen LogP contribution in [0.4, 0.5) is 18.9 Å². The van der Waals surface area contributed by atoms with Gasteiger partial charge >= 0.3 is 6.18 Å². The fourth-order valence-corrected chi connectivity index (χ4v) is 6.48. The molecule has 1 atom stereocenters. The summed E-state index contributed by atoms with van der Waals surface area (Å²) >= 11 is 5.69. The van der Waals surface area contributed by atoms with Crippen molar-refractivity contribution in [3.63, 3.8) is 0 Å². The number of anilines is 1. The van der Waals surface area contributed by atoms with Gasteiger partial charge in [-0.05, 0) is 86.8 Å². The molecule has 1 aromatic rings. The van der Waals surface area contributed by atoms with Crippen LogP contribution >= 0.6 is 11.6 Å². The molecule has 2 N–H and O–H groups in total. The number of amides is 1. The minimum absolute atomic E-state index is 0.0514. The zero-order valence-electron chi connectivity index (χ0n) is 17.2. The molecule has 0 aliphatic heterocycles. The number of carbonyl (C=O) groups excluding carboxylic acids is 1. The van der Waals surface area contributed by atoms with Gasteiger partial charge in [-0.2, -0.15) is 18.4 Å². The quantitative estimate of drug-likeness (QED) is 0.432. The highest BCUT2D eigenvalue weighted by Crippen LogP contribution is 2.61. The van der Waals surface area contributed by atoms with Crippen molar-refractivity contribution in [2.75, 3.05) is 5.32 Å². The number of nitriles is 1. The molecule has 4 nitrogen and oxygen atoms in total. The van der Waals surface area contributed by atoms with Crippen molar-refractivity contribution in [3.05, 3.63) is 40.6 Å². The van der Waals surface area contributed by atoms with E-state index in [0.29, 0.717) is 0 Å². The lowest BCUT2D eigenvalue weighted by atomic mass is 9.48. The molecule has 4 bridgehead atoms. The van der Waals surface area contributed by atoms with Gasteiger partial charge in [-0.25, -0.2) is 0 Å². The molecule has 0 radical (unpaired) electrons. The molecule has 1 amide bonds. The van der Waals surface area contributed by atoms with Crippen LogP contribution in [0.3, 0.4) is 0 Å². The summed E-state index contributed by atoms with van der Waals surface area (Å²) < 4.78 is 39.8. The standard InChI is InChI=1S/C23H25ClF3N3O/c1-13(22-8-14-4-15(9-22)6-16(5-14)10-22)30-21(31)17(11-28)12-29-20-3-2-18(24)7-19(20)23(25,26)27/h2-3,7,12-16,29H,4-6,8-10H2,1H3,(H,30,31)/b17-12-. The summed E-state index contributed by atoms with van der Waals surface area (Å²) in [6.07, 6.45) is 3.57. The Kier molecular flexibility index (Phi) is 5.72. The first-order valence-electron chi connectivity index (χ1n) is 10.6. The second-order valence-electron chi connectivity index (χ2n) is 9.48. The van der Waals surface area contributed by atoms with Crippen LogP contribution in [0.1, 0.15) is 51.0 Å². The lowest BCUT2D eigenvalue weighted by Gasteiger charge is -2.59. The lowest BCUT2D eigenvalue weighted by Crippen LogP contribution is -2.56. The predicted octanol–water partition coefficient (Wildman–Crippen LogP) is 5.90. The Morgan fingerprint density at radius 1 is 1.23 bits per heavy atom. The number of hydrogen-bond acceptors (Lipinski definition) is 3. The third-order valence-electron chi connectivity index (χ3n) is 7.38. The van der Waals surface area contributed by atoms with Crippen LogP contribution in [0.5, 0.6) is 0 Å². The van der Waals surface area contributed by atoms with E-state index >= 15 is 0 Å². The fraction of sp³-hybridized carbons (Fsp3) is 0.565. The van der Waals surface area contributed by atoms with Gasteiger partial charge in [0.15, 0.2) is 0 Å². The number of benzene rings is 1. The molecule has 0 aromatic heterocycles. The van der Waals surface area contributed by atoms with Crippen molar-refractivity contribution in [2.45, 2.75) is 57.7 Å². The number of nitrogens with zero attached hydrogens (tertiary/aromatic N) is 1. The molecule has 1 aromatic carbocycles. The Hall–Kier alpha value is -2.20. The first kappa shape index (κ1) is 22.0. The molecule has 4 fully saturated rings. The van der Waals surface area contributed by atoms with E-state index < -0.39 is 17.6 Å². The fourth-order valence-electron chi connectivity index (χ4n) is 6.31. The number of rotatable bonds is 5. The van der Waals surface area contributed by atoms with Gasteiger partial charge in [0.1, 0.15) is 11.6 Å². The number of halogens is 4. The van der Waals surface area contributed by atoms with Gasteiger partial charge in [0, 0.05) is 17.3 Å². The third-order valence-corrected chi connectivity index (χ3v) is 7.61. The van der Waals surface area contributed by atoms with Crippen LogP contribution in [-0.4, -0.2) is 11.9 Å². The highest BCUT2D eigenvalue weighted by atomic mass is 35.5. The minimum Gasteiger partial charge on any atom is -0.360 e. The maximum absolute atomic E-state index is 13.3. The molecule has 4 saturated carbocycles. The summed E-state index contributed by atoms with van der Waals surface area (Å²) in [6.45, 7) is 1.99. The second-order valence-corrected chi connectivity index (χ2v) is 9.91. The first-order valence-corrected chi connectivity index (χ1v) is 11.0. The van der Waals surface area contributed by atoms with Crippen molar-refractivity contribution in [1.82, 2.24) is 5.32 Å². The van der Waals surface area contributed by atoms with Gasteiger partial charge in [-0.1, -0.05) is 11.6 Å². The molecule has 166 valence electrons. The molecule has 4 aliphatic carbocycles. The number of alkyl halides is 3. The van der Waals surface area contributed by atoms with Crippen LogP contribution in [0.15, 0.2) is 30.0 Å². The van der Waals surface area contributed by atoms with Gasteiger partial charge in [-0.3, -0.25) is 4.79 Å². The summed E-state index contributed by atoms with van der Waals surface area (Å²) in [7, 11) is 0. The van der Waals surface area contributed by atoms with E-state index in [1.54, 1.807) is 6.07 Å². The summed E-state index contributed by atoms with van der Waals surface area (Å²) in [6, 6.07) is 5.00. The van der Waals surface area contributed by atoms with E-state index in [-0.39, 0.29) is 27.7 Å². The van der Waals surface area contributed by atoms with Crippen molar-refractivity contribution in [3.8, 4) is 6.07 Å². The Balaban J connectivity index is 1.47. The Bertz CT molecular complexity index is 915. The highest BCUT2D eigenvalue weighted by Gasteiger charge is 2.53. The van der Waals surface area contributed by atoms with Gasteiger partial charge < -0.3 is 10.6 Å². The van der Waals surface area contributed by atoms with Crippen molar-refractivity contribution >= 4 is 23.2 Å². The monoisotopic (exact) mass is 451 g/mol. The van der Waals surface area contributed by atoms with E-state index in [2.05, 4.69) is 10.6 Å². The molecule has 4 aliphatic rings. The predicted molar refractivity (Wildman–Crippen MR) is 112 cm³/mol. The molecule has 0 saturated heterocycles. The van der Waals surface area contributed by atoms with E-state index in [9.17, 15) is 23.2 Å². The van der Waals surface area contributed by atoms with Crippen LogP contribution < -0.4 is 10.6 Å². The summed E-state index contributed by atoms with van der Waals surface area (Å²) in [5, 5.41) is 14.8. The van der Waals surface area contributed by atoms with Crippen LogP contribution in [-0.2, 0) is 11.0 Å². The summed E-state index contributed by atoms with van der Waals surface area (Å²) in [5.74, 6) is 1.61. The zero-order chi connectivity index (χ0) is 22.4. The Morgan fingerprint density at radius 3 is 2.32 bits per heavy atom. The average molecular weight is 452 g/mol. The molecule has 31 heavy (non-hydrogen) atoms. The average Bonchev–Trinajstić information content (AvgIpc) is 2.67. The van der Waals surface area contributed by atoms with Gasteiger partial charge in [-0.15, -0.1) is 0 Å². The van der Waals surface area contributed by atoms with E-state index in [1.165, 1.54) is 31.4 Å². The molecule has 8 heteroatoms. The summed E-state index contributed by atoms with van der Waals surface area (Å²) in [5.41, 5.74) is -1.43. The Labute approximate surface area is 184 Å². The third kappa shape index (κ3) is 4.41. The molecular weight excluding hydrogens is 427 g/mol. The summed E-state index contributed by atoms with van der Waals surface area (Å²) in [4.78, 5) is 12.7. The Morgan fingerprint density at radius 2 is 1.81 bits per heavy atom. The molecule has 0 spiro atoms. The SMILES string of the molecule is CC(NC(=O)/C(C#N)=C\Nc1ccc(Cl)cc1C(F)(F)F)C12CC3CC(CC(C3)C1)C2. The van der Waals surface area contributed by atoms with Crippen molar-refractivity contribution in [2.24, 2.45) is 23.2 Å². The molecular formula is C23H25ClF3N3O. The highest BCUT2D eigenvalue weighted by molar-refractivity contribution is 6.30. The maximum Gasteiger partial charge on any atom is 0.418 e. The number of carbonyl (C=O) groups is 1. The molecule has 1 unspecified atom stereocenters. The van der Waals surface area contributed by atoms with Gasteiger partial charge in [0.25, 0.3) is 5.91 Å². The normalized spacial score (nSPS) is 30.6. The molecule has 5 rings (SSSR count). The van der Waals surface area contributed by atoms with E-state index in [0.717, 1.165) is 49.3 Å². The minimum atomic E-state index is -4.62. The van der Waals surface area contributed by atoms with E-state index in [4.69, 9.17) is 11.6 Å². The van der Waals surface area contributed by atoms with Gasteiger partial charge in [0.2, 0.25) is 0 Å². The van der Waals surface area contributed by atoms with Crippen LogP contribution in [0.2, 0.25) is 5.02 Å².